The first-order valence-electron chi connectivity index (χ1n) is 6.85. The molecule has 0 radical (unpaired) electrons. The van der Waals surface area contributed by atoms with Crippen molar-refractivity contribution >= 4 is 40.2 Å². The number of nitrogens with zero attached hydrogens (tertiary/aromatic N) is 1. The zero-order valence-corrected chi connectivity index (χ0v) is 13.4. The van der Waals surface area contributed by atoms with E-state index in [1.54, 1.807) is 6.07 Å². The zero-order valence-electron chi connectivity index (χ0n) is 12.6. The van der Waals surface area contributed by atoms with E-state index in [0.717, 1.165) is 5.69 Å². The third-order valence-corrected chi connectivity index (χ3v) is 3.44. The highest BCUT2D eigenvalue weighted by molar-refractivity contribution is 6.33. The van der Waals surface area contributed by atoms with Crippen molar-refractivity contribution in [3.8, 4) is 0 Å². The number of benzene rings is 2. The van der Waals surface area contributed by atoms with Crippen LogP contribution >= 0.6 is 11.6 Å². The van der Waals surface area contributed by atoms with E-state index >= 15 is 0 Å². The number of rotatable bonds is 3. The summed E-state index contributed by atoms with van der Waals surface area (Å²) >= 11 is 5.68. The first kappa shape index (κ1) is 18.1. The van der Waals surface area contributed by atoms with Crippen LogP contribution in [0.3, 0.4) is 0 Å². The topological polar surface area (TPSA) is 128 Å². The Bertz CT molecular complexity index is 987. The second kappa shape index (κ2) is 8.04. The van der Waals surface area contributed by atoms with Crippen molar-refractivity contribution in [1.82, 2.24) is 0 Å². The van der Waals surface area contributed by atoms with Crippen LogP contribution in [0.4, 0.5) is 11.4 Å². The van der Waals surface area contributed by atoms with Gasteiger partial charge in [-0.1, -0.05) is 23.7 Å². The molecule has 0 fully saturated rings. The second-order valence-corrected chi connectivity index (χ2v) is 5.12. The number of para-hydroxylation sites is 1. The summed E-state index contributed by atoms with van der Waals surface area (Å²) in [6, 6.07) is 12.4. The van der Waals surface area contributed by atoms with E-state index in [1.165, 1.54) is 24.3 Å². The van der Waals surface area contributed by atoms with Gasteiger partial charge in [-0.05, 0) is 24.3 Å². The second-order valence-electron chi connectivity index (χ2n) is 4.71. The Morgan fingerprint density at radius 2 is 1.92 bits per heavy atom. The maximum atomic E-state index is 11.2. The van der Waals surface area contributed by atoms with Gasteiger partial charge in [0.2, 0.25) is 0 Å². The van der Waals surface area contributed by atoms with E-state index in [0.29, 0.717) is 16.7 Å². The van der Waals surface area contributed by atoms with Crippen LogP contribution in [0.1, 0.15) is 10.4 Å². The minimum Gasteiger partial charge on any atom is -0.422 e. The van der Waals surface area contributed by atoms with Crippen molar-refractivity contribution in [2.45, 2.75) is 0 Å². The fraction of sp³-hybridized carbons (Fsp3) is 0. The van der Waals surface area contributed by atoms with Gasteiger partial charge in [-0.25, -0.2) is 4.79 Å². The lowest BCUT2D eigenvalue weighted by Crippen LogP contribution is -2.06. The van der Waals surface area contributed by atoms with Gasteiger partial charge in [-0.3, -0.25) is 20.8 Å². The van der Waals surface area contributed by atoms with E-state index in [1.807, 2.05) is 18.2 Å². The van der Waals surface area contributed by atoms with E-state index in [4.69, 9.17) is 21.9 Å². The molecule has 0 atom stereocenters. The van der Waals surface area contributed by atoms with Crippen LogP contribution in [0.25, 0.3) is 11.0 Å². The predicted octanol–water partition coefficient (Wildman–Crippen LogP) is 3.14. The molecule has 0 amide bonds. The van der Waals surface area contributed by atoms with E-state index in [2.05, 4.69) is 5.43 Å². The average molecular weight is 362 g/mol. The number of halogens is 1. The normalized spacial score (nSPS) is 9.84. The fourth-order valence-electron chi connectivity index (χ4n) is 1.90. The van der Waals surface area contributed by atoms with Gasteiger partial charge in [0.1, 0.15) is 11.1 Å². The highest BCUT2D eigenvalue weighted by Gasteiger charge is 2.09. The van der Waals surface area contributed by atoms with Crippen LogP contribution < -0.4 is 16.9 Å². The molecule has 0 saturated heterocycles. The van der Waals surface area contributed by atoms with E-state index < -0.39 is 10.5 Å². The van der Waals surface area contributed by atoms with Gasteiger partial charge in [0.05, 0.1) is 15.6 Å². The molecule has 2 aromatic carbocycles. The van der Waals surface area contributed by atoms with Crippen molar-refractivity contribution in [1.29, 1.82) is 0 Å². The molecule has 3 rings (SSSR count). The Morgan fingerprint density at radius 1 is 1.20 bits per heavy atom. The van der Waals surface area contributed by atoms with Crippen molar-refractivity contribution < 1.29 is 14.1 Å². The quantitative estimate of drug-likeness (QED) is 0.241. The smallest absolute Gasteiger partial charge is 0.346 e. The molecular weight excluding hydrogens is 350 g/mol. The number of hydrogen-bond acceptors (Lipinski definition) is 7. The monoisotopic (exact) mass is 361 g/mol. The largest absolute Gasteiger partial charge is 0.422 e. The molecule has 8 nitrogen and oxygen atoms in total. The van der Waals surface area contributed by atoms with Gasteiger partial charge in [-0.2, -0.15) is 0 Å². The lowest BCUT2D eigenvalue weighted by atomic mass is 10.2. The number of nitrogen functional groups attached to an aromatic ring is 1. The van der Waals surface area contributed by atoms with Gasteiger partial charge < -0.3 is 9.84 Å². The molecule has 0 bridgehead atoms. The Morgan fingerprint density at radius 3 is 2.48 bits per heavy atom. The summed E-state index contributed by atoms with van der Waals surface area (Å²) in [5.41, 5.74) is 2.38. The zero-order chi connectivity index (χ0) is 18.4. The number of aldehydes is 1. The lowest BCUT2D eigenvalue weighted by molar-refractivity contribution is -0.384. The SMILES string of the molecule is NNc1ccccc1Cl.O=Cc1cc2cc([N+](=O)[O-])ccc2oc1=O. The van der Waals surface area contributed by atoms with Crippen molar-refractivity contribution in [3.05, 3.63) is 79.7 Å². The molecule has 1 heterocycles. The number of nitro groups is 1. The minimum atomic E-state index is -0.753. The number of hydrogen-bond donors (Lipinski definition) is 2. The minimum absolute atomic E-state index is 0.127. The number of nitrogens with one attached hydrogen (secondary N) is 1. The summed E-state index contributed by atoms with van der Waals surface area (Å²) in [6.45, 7) is 0. The van der Waals surface area contributed by atoms with Crippen LogP contribution in [0, 0.1) is 10.1 Å². The standard InChI is InChI=1S/C10H5NO5.C6H7ClN2/c12-5-7-3-6-4-8(11(14)15)1-2-9(6)16-10(7)13;7-5-3-1-2-4-6(5)9-8/h1-5H;1-4,9H,8H2. The maximum Gasteiger partial charge on any atom is 0.346 e. The number of anilines is 1. The molecular formula is C16H12ClN3O5. The van der Waals surface area contributed by atoms with E-state index in [-0.39, 0.29) is 16.8 Å². The van der Waals surface area contributed by atoms with E-state index in [9.17, 15) is 19.7 Å². The number of fused-ring (bicyclic) bond motifs is 1. The Balaban J connectivity index is 0.000000212. The molecule has 0 aliphatic heterocycles. The Labute approximate surface area is 145 Å². The number of nitro benzene ring substituents is 1. The molecule has 0 aliphatic carbocycles. The Kier molecular flexibility index (Phi) is 5.83. The van der Waals surface area contributed by atoms with Crippen LogP contribution in [-0.2, 0) is 0 Å². The highest BCUT2D eigenvalue weighted by Crippen LogP contribution is 2.20. The van der Waals surface area contributed by atoms with Crippen molar-refractivity contribution in [3.63, 3.8) is 0 Å². The van der Waals surface area contributed by atoms with Crippen LogP contribution in [0.15, 0.2) is 57.7 Å². The third-order valence-electron chi connectivity index (χ3n) is 3.11. The molecule has 3 N–H and O–H groups in total. The van der Waals surface area contributed by atoms with Gasteiger partial charge in [0, 0.05) is 17.5 Å². The highest BCUT2D eigenvalue weighted by atomic mass is 35.5. The fourth-order valence-corrected chi connectivity index (χ4v) is 2.09. The first-order valence-corrected chi connectivity index (χ1v) is 7.22. The van der Waals surface area contributed by atoms with Crippen LogP contribution in [0.5, 0.6) is 0 Å². The first-order chi connectivity index (χ1) is 12.0. The molecule has 3 aromatic rings. The van der Waals surface area contributed by atoms with Gasteiger partial charge in [0.15, 0.2) is 6.29 Å². The van der Waals surface area contributed by atoms with Gasteiger partial charge in [0.25, 0.3) is 5.69 Å². The number of carbonyl (C=O) groups excluding carboxylic acids is 1. The number of carbonyl (C=O) groups is 1. The predicted molar refractivity (Wildman–Crippen MR) is 93.8 cm³/mol. The molecule has 128 valence electrons. The molecule has 9 heteroatoms. The summed E-state index contributed by atoms with van der Waals surface area (Å²) in [7, 11) is 0. The number of non-ortho nitro benzene ring substituents is 1. The lowest BCUT2D eigenvalue weighted by Gasteiger charge is -1.99. The van der Waals surface area contributed by atoms with Crippen LogP contribution in [-0.4, -0.2) is 11.2 Å². The summed E-state index contributed by atoms with van der Waals surface area (Å²) in [5.74, 6) is 5.12. The molecule has 0 unspecified atom stereocenters. The molecule has 0 spiro atoms. The van der Waals surface area contributed by atoms with Gasteiger partial charge >= 0.3 is 5.63 Å². The molecule has 1 aromatic heterocycles. The molecule has 0 aliphatic rings. The molecule has 0 saturated carbocycles. The summed E-state index contributed by atoms with van der Waals surface area (Å²) in [5, 5.41) is 11.5. The summed E-state index contributed by atoms with van der Waals surface area (Å²) < 4.78 is 4.81. The molecule has 25 heavy (non-hydrogen) atoms. The third kappa shape index (κ3) is 4.40. The average Bonchev–Trinajstić information content (AvgIpc) is 2.61. The van der Waals surface area contributed by atoms with Crippen LogP contribution in [0.2, 0.25) is 5.02 Å². The van der Waals surface area contributed by atoms with Gasteiger partial charge in [-0.15, -0.1) is 0 Å². The Hall–Kier alpha value is -3.23. The summed E-state index contributed by atoms with van der Waals surface area (Å²) in [6.07, 6.45) is 0.351. The number of hydrazine groups is 1. The van der Waals surface area contributed by atoms with Crippen molar-refractivity contribution in [2.75, 3.05) is 5.43 Å². The maximum absolute atomic E-state index is 11.2. The summed E-state index contributed by atoms with van der Waals surface area (Å²) in [4.78, 5) is 31.6. The van der Waals surface area contributed by atoms with Crippen molar-refractivity contribution in [2.24, 2.45) is 5.84 Å². The number of nitrogens with two attached hydrogens (primary N) is 1.